The predicted octanol–water partition coefficient (Wildman–Crippen LogP) is 1.51. The van der Waals surface area contributed by atoms with Gasteiger partial charge < -0.3 is 5.11 Å². The molecule has 96 valence electrons. The first kappa shape index (κ1) is 12.6. The molecule has 0 saturated heterocycles. The summed E-state index contributed by atoms with van der Waals surface area (Å²) in [5.74, 6) is -4.26. The van der Waals surface area contributed by atoms with E-state index in [1.807, 2.05) is 0 Å². The summed E-state index contributed by atoms with van der Waals surface area (Å²) >= 11 is 0. The van der Waals surface area contributed by atoms with Crippen LogP contribution in [0.5, 0.6) is 0 Å². The van der Waals surface area contributed by atoms with Crippen LogP contribution in [-0.4, -0.2) is 20.1 Å². The molecule has 0 fully saturated rings. The number of benzene rings is 1. The summed E-state index contributed by atoms with van der Waals surface area (Å²) in [6, 6.07) is 1.78. The van der Waals surface area contributed by atoms with E-state index in [4.69, 9.17) is 0 Å². The normalized spacial score (nSPS) is 12.7. The molecule has 0 spiro atoms. The SMILES string of the molecule is Cn1cc(CC(O)c2ccc(F)c(F)c2F)nn1. The zero-order valence-corrected chi connectivity index (χ0v) is 9.44. The van der Waals surface area contributed by atoms with E-state index in [2.05, 4.69) is 10.3 Å². The molecule has 0 radical (unpaired) electrons. The Morgan fingerprint density at radius 1 is 1.28 bits per heavy atom. The second kappa shape index (κ2) is 4.77. The fourth-order valence-corrected chi connectivity index (χ4v) is 1.60. The van der Waals surface area contributed by atoms with Gasteiger partial charge in [0.25, 0.3) is 0 Å². The van der Waals surface area contributed by atoms with E-state index in [-0.39, 0.29) is 12.0 Å². The monoisotopic (exact) mass is 257 g/mol. The van der Waals surface area contributed by atoms with Gasteiger partial charge in [0, 0.05) is 25.2 Å². The fourth-order valence-electron chi connectivity index (χ4n) is 1.60. The Hall–Kier alpha value is -1.89. The van der Waals surface area contributed by atoms with Gasteiger partial charge in [-0.25, -0.2) is 13.2 Å². The van der Waals surface area contributed by atoms with Crippen LogP contribution in [-0.2, 0) is 13.5 Å². The molecule has 0 aliphatic rings. The molecule has 0 amide bonds. The molecule has 1 aromatic heterocycles. The Balaban J connectivity index is 2.24. The lowest BCUT2D eigenvalue weighted by atomic mass is 10.0. The maximum absolute atomic E-state index is 13.4. The first-order valence-electron chi connectivity index (χ1n) is 5.15. The van der Waals surface area contributed by atoms with E-state index in [0.29, 0.717) is 5.69 Å². The van der Waals surface area contributed by atoms with Crippen LogP contribution >= 0.6 is 0 Å². The average Bonchev–Trinajstić information content (AvgIpc) is 2.71. The van der Waals surface area contributed by atoms with Crippen LogP contribution in [0.25, 0.3) is 0 Å². The van der Waals surface area contributed by atoms with E-state index >= 15 is 0 Å². The number of aromatic nitrogens is 3. The molecule has 2 aromatic rings. The molecular weight excluding hydrogens is 247 g/mol. The molecule has 4 nitrogen and oxygen atoms in total. The average molecular weight is 257 g/mol. The highest BCUT2D eigenvalue weighted by atomic mass is 19.2. The highest BCUT2D eigenvalue weighted by Gasteiger charge is 2.20. The van der Waals surface area contributed by atoms with Crippen molar-refractivity contribution in [2.75, 3.05) is 0 Å². The minimum absolute atomic E-state index is 0.0319. The second-order valence-corrected chi connectivity index (χ2v) is 3.87. The van der Waals surface area contributed by atoms with Crippen molar-refractivity contribution in [2.24, 2.45) is 7.05 Å². The molecule has 0 bridgehead atoms. The molecule has 2 rings (SSSR count). The van der Waals surface area contributed by atoms with Crippen molar-refractivity contribution < 1.29 is 18.3 Å². The van der Waals surface area contributed by atoms with Gasteiger partial charge in [0.05, 0.1) is 11.8 Å². The largest absolute Gasteiger partial charge is 0.388 e. The minimum Gasteiger partial charge on any atom is -0.388 e. The molecule has 0 saturated carbocycles. The van der Waals surface area contributed by atoms with Crippen molar-refractivity contribution in [1.29, 1.82) is 0 Å². The van der Waals surface area contributed by atoms with Crippen molar-refractivity contribution in [3.8, 4) is 0 Å². The van der Waals surface area contributed by atoms with Gasteiger partial charge in [-0.3, -0.25) is 4.68 Å². The second-order valence-electron chi connectivity index (χ2n) is 3.87. The Bertz CT molecular complexity index is 571. The van der Waals surface area contributed by atoms with Crippen LogP contribution in [0.1, 0.15) is 17.4 Å². The smallest absolute Gasteiger partial charge is 0.194 e. The number of nitrogens with zero attached hydrogens (tertiary/aromatic N) is 3. The topological polar surface area (TPSA) is 50.9 Å². The van der Waals surface area contributed by atoms with Gasteiger partial charge in [-0.1, -0.05) is 11.3 Å². The Kier molecular flexibility index (Phi) is 3.33. The summed E-state index contributed by atoms with van der Waals surface area (Å²) < 4.78 is 40.6. The van der Waals surface area contributed by atoms with Crippen LogP contribution in [0.15, 0.2) is 18.3 Å². The van der Waals surface area contributed by atoms with E-state index in [1.165, 1.54) is 4.68 Å². The summed E-state index contributed by atoms with van der Waals surface area (Å²) in [7, 11) is 1.64. The predicted molar refractivity (Wildman–Crippen MR) is 56.0 cm³/mol. The van der Waals surface area contributed by atoms with Crippen LogP contribution in [0.2, 0.25) is 0 Å². The summed E-state index contributed by atoms with van der Waals surface area (Å²) in [5, 5.41) is 17.1. The molecule has 1 N–H and O–H groups in total. The molecule has 18 heavy (non-hydrogen) atoms. The summed E-state index contributed by atoms with van der Waals surface area (Å²) in [4.78, 5) is 0. The van der Waals surface area contributed by atoms with E-state index in [9.17, 15) is 18.3 Å². The maximum atomic E-state index is 13.4. The number of aryl methyl sites for hydroxylation is 1. The van der Waals surface area contributed by atoms with Crippen LogP contribution in [0.3, 0.4) is 0 Å². The fraction of sp³-hybridized carbons (Fsp3) is 0.273. The molecule has 1 atom stereocenters. The standard InChI is InChI=1S/C11H10F3N3O/c1-17-5-6(15-16-17)4-9(18)7-2-3-8(12)11(14)10(7)13/h2-3,5,9,18H,4H2,1H3. The van der Waals surface area contributed by atoms with Gasteiger partial charge in [0.15, 0.2) is 17.5 Å². The maximum Gasteiger partial charge on any atom is 0.194 e. The molecule has 1 heterocycles. The van der Waals surface area contributed by atoms with E-state index in [0.717, 1.165) is 12.1 Å². The highest BCUT2D eigenvalue weighted by molar-refractivity contribution is 5.23. The van der Waals surface area contributed by atoms with E-state index < -0.39 is 23.6 Å². The van der Waals surface area contributed by atoms with Crippen LogP contribution in [0.4, 0.5) is 13.2 Å². The van der Waals surface area contributed by atoms with Gasteiger partial charge in [-0.15, -0.1) is 5.10 Å². The minimum atomic E-state index is -1.59. The number of aliphatic hydroxyl groups excluding tert-OH is 1. The van der Waals surface area contributed by atoms with Crippen LogP contribution in [0, 0.1) is 17.5 Å². The van der Waals surface area contributed by atoms with Gasteiger partial charge in [0.1, 0.15) is 0 Å². The Labute approximate surface area is 101 Å². The number of rotatable bonds is 3. The lowest BCUT2D eigenvalue weighted by Crippen LogP contribution is -2.07. The third kappa shape index (κ3) is 2.35. The third-order valence-corrected chi connectivity index (χ3v) is 2.48. The lowest BCUT2D eigenvalue weighted by Gasteiger charge is -2.10. The zero-order valence-electron chi connectivity index (χ0n) is 9.44. The zero-order chi connectivity index (χ0) is 13.3. The number of hydrogen-bond donors (Lipinski definition) is 1. The van der Waals surface area contributed by atoms with Crippen LogP contribution < -0.4 is 0 Å². The van der Waals surface area contributed by atoms with Crippen molar-refractivity contribution in [3.63, 3.8) is 0 Å². The Morgan fingerprint density at radius 2 is 2.00 bits per heavy atom. The quantitative estimate of drug-likeness (QED) is 0.848. The summed E-state index contributed by atoms with van der Waals surface area (Å²) in [5.41, 5.74) is 0.119. The lowest BCUT2D eigenvalue weighted by molar-refractivity contribution is 0.170. The molecule has 1 aromatic carbocycles. The molecule has 1 unspecified atom stereocenters. The number of hydrogen-bond acceptors (Lipinski definition) is 3. The molecule has 0 aliphatic carbocycles. The van der Waals surface area contributed by atoms with Gasteiger partial charge in [0.2, 0.25) is 0 Å². The van der Waals surface area contributed by atoms with E-state index in [1.54, 1.807) is 13.2 Å². The summed E-state index contributed by atoms with van der Waals surface area (Å²) in [6.45, 7) is 0. The van der Waals surface area contributed by atoms with Crippen molar-refractivity contribution in [1.82, 2.24) is 15.0 Å². The Morgan fingerprint density at radius 3 is 2.61 bits per heavy atom. The van der Waals surface area contributed by atoms with Gasteiger partial charge in [-0.2, -0.15) is 0 Å². The number of aliphatic hydroxyl groups is 1. The van der Waals surface area contributed by atoms with Crippen molar-refractivity contribution in [2.45, 2.75) is 12.5 Å². The third-order valence-electron chi connectivity index (χ3n) is 2.48. The highest BCUT2D eigenvalue weighted by Crippen LogP contribution is 2.23. The van der Waals surface area contributed by atoms with Crippen molar-refractivity contribution >= 4 is 0 Å². The first-order valence-corrected chi connectivity index (χ1v) is 5.15. The summed E-state index contributed by atoms with van der Waals surface area (Å²) in [6.07, 6.45) is 0.202. The van der Waals surface area contributed by atoms with Crippen molar-refractivity contribution in [3.05, 3.63) is 47.0 Å². The molecule has 7 heteroatoms. The first-order chi connectivity index (χ1) is 8.49. The van der Waals surface area contributed by atoms with Gasteiger partial charge in [-0.05, 0) is 6.07 Å². The molecular formula is C11H10F3N3O. The number of halogens is 3. The van der Waals surface area contributed by atoms with Gasteiger partial charge >= 0.3 is 0 Å². The molecule has 0 aliphatic heterocycles.